The number of nitrogens with one attached hydrogen (secondary N) is 1. The number of aromatic nitrogens is 3. The third-order valence-electron chi connectivity index (χ3n) is 5.10. The number of oxazole rings is 1. The maximum absolute atomic E-state index is 12.4. The molecule has 7 nitrogen and oxygen atoms in total. The molecule has 0 radical (unpaired) electrons. The highest BCUT2D eigenvalue weighted by Gasteiger charge is 2.25. The van der Waals surface area contributed by atoms with Crippen LogP contribution in [0, 0.1) is 5.92 Å². The SMILES string of the molecule is CCn1cc(CNC(=O)CC2CCCN(c3nc4ccc(Cl)cc4o3)C2)cn1. The van der Waals surface area contributed by atoms with Crippen molar-refractivity contribution >= 4 is 34.6 Å². The molecule has 148 valence electrons. The molecular weight excluding hydrogens is 378 g/mol. The van der Waals surface area contributed by atoms with Gasteiger partial charge in [-0.05, 0) is 37.8 Å². The summed E-state index contributed by atoms with van der Waals surface area (Å²) in [5.74, 6) is 0.353. The minimum Gasteiger partial charge on any atom is -0.423 e. The summed E-state index contributed by atoms with van der Waals surface area (Å²) in [6, 6.07) is 6.06. The Kier molecular flexibility index (Phi) is 5.52. The summed E-state index contributed by atoms with van der Waals surface area (Å²) in [6.45, 7) is 5.03. The van der Waals surface area contributed by atoms with E-state index < -0.39 is 0 Å². The highest BCUT2D eigenvalue weighted by atomic mass is 35.5. The summed E-state index contributed by atoms with van der Waals surface area (Å²) in [5.41, 5.74) is 2.51. The number of amides is 1. The number of fused-ring (bicyclic) bond motifs is 1. The summed E-state index contributed by atoms with van der Waals surface area (Å²) < 4.78 is 7.74. The third kappa shape index (κ3) is 4.30. The molecule has 1 unspecified atom stereocenters. The highest BCUT2D eigenvalue weighted by Crippen LogP contribution is 2.28. The van der Waals surface area contributed by atoms with E-state index in [4.69, 9.17) is 16.0 Å². The van der Waals surface area contributed by atoms with Gasteiger partial charge in [0.05, 0.1) is 6.20 Å². The first-order valence-electron chi connectivity index (χ1n) is 9.70. The molecule has 1 fully saturated rings. The number of nitrogens with zero attached hydrogens (tertiary/aromatic N) is 4. The van der Waals surface area contributed by atoms with E-state index >= 15 is 0 Å². The molecule has 0 bridgehead atoms. The molecule has 1 saturated heterocycles. The van der Waals surface area contributed by atoms with Crippen LogP contribution in [-0.2, 0) is 17.9 Å². The number of anilines is 1. The van der Waals surface area contributed by atoms with Gasteiger partial charge in [0.1, 0.15) is 5.52 Å². The largest absolute Gasteiger partial charge is 0.423 e. The van der Waals surface area contributed by atoms with Gasteiger partial charge in [-0.15, -0.1) is 0 Å². The van der Waals surface area contributed by atoms with Crippen molar-refractivity contribution in [3.05, 3.63) is 41.2 Å². The van der Waals surface area contributed by atoms with E-state index in [1.54, 1.807) is 12.3 Å². The number of aryl methyl sites for hydroxylation is 1. The zero-order valence-corrected chi connectivity index (χ0v) is 16.7. The second-order valence-electron chi connectivity index (χ2n) is 7.25. The van der Waals surface area contributed by atoms with Crippen LogP contribution in [0.1, 0.15) is 31.7 Å². The zero-order chi connectivity index (χ0) is 19.5. The molecule has 1 aromatic carbocycles. The van der Waals surface area contributed by atoms with Gasteiger partial charge in [0.2, 0.25) is 5.91 Å². The summed E-state index contributed by atoms with van der Waals surface area (Å²) in [6.07, 6.45) is 6.31. The van der Waals surface area contributed by atoms with Crippen molar-refractivity contribution in [1.29, 1.82) is 0 Å². The standard InChI is InChI=1S/C20H24ClN5O2/c1-2-26-13-15(11-23-26)10-22-19(27)8-14-4-3-7-25(12-14)20-24-17-6-5-16(21)9-18(17)28-20/h5-6,9,11,13-14H,2-4,7-8,10,12H2,1H3,(H,22,27). The van der Waals surface area contributed by atoms with E-state index in [-0.39, 0.29) is 11.8 Å². The second-order valence-corrected chi connectivity index (χ2v) is 7.68. The topological polar surface area (TPSA) is 76.2 Å². The Morgan fingerprint density at radius 1 is 1.43 bits per heavy atom. The zero-order valence-electron chi connectivity index (χ0n) is 15.9. The van der Waals surface area contributed by atoms with E-state index in [0.717, 1.165) is 43.6 Å². The Bertz CT molecular complexity index is 967. The van der Waals surface area contributed by atoms with Crippen LogP contribution in [0.2, 0.25) is 5.02 Å². The van der Waals surface area contributed by atoms with Crippen molar-refractivity contribution < 1.29 is 9.21 Å². The molecule has 3 heterocycles. The van der Waals surface area contributed by atoms with Crippen LogP contribution in [-0.4, -0.2) is 33.8 Å². The summed E-state index contributed by atoms with van der Waals surface area (Å²) in [7, 11) is 0. The molecular formula is C20H24ClN5O2. The number of piperidine rings is 1. The van der Waals surface area contributed by atoms with Gasteiger partial charge in [0.25, 0.3) is 6.01 Å². The van der Waals surface area contributed by atoms with Crippen molar-refractivity contribution in [2.75, 3.05) is 18.0 Å². The number of carbonyl (C=O) groups is 1. The molecule has 0 spiro atoms. The minimum atomic E-state index is 0.0699. The number of rotatable bonds is 6. The number of hydrogen-bond acceptors (Lipinski definition) is 5. The maximum atomic E-state index is 12.4. The molecule has 1 aliphatic rings. The van der Waals surface area contributed by atoms with Crippen molar-refractivity contribution in [2.24, 2.45) is 5.92 Å². The molecule has 28 heavy (non-hydrogen) atoms. The van der Waals surface area contributed by atoms with Crippen LogP contribution in [0.3, 0.4) is 0 Å². The lowest BCUT2D eigenvalue weighted by Crippen LogP contribution is -2.38. The molecule has 3 aromatic rings. The molecule has 1 atom stereocenters. The average molecular weight is 402 g/mol. The smallest absolute Gasteiger partial charge is 0.298 e. The van der Waals surface area contributed by atoms with E-state index in [1.807, 2.05) is 29.9 Å². The molecule has 1 N–H and O–H groups in total. The average Bonchev–Trinajstić information content (AvgIpc) is 3.33. The predicted octanol–water partition coefficient (Wildman–Crippen LogP) is 3.62. The van der Waals surface area contributed by atoms with Gasteiger partial charge in [0, 0.05) is 55.4 Å². The van der Waals surface area contributed by atoms with Gasteiger partial charge in [-0.1, -0.05) is 11.6 Å². The number of benzene rings is 1. The lowest BCUT2D eigenvalue weighted by Gasteiger charge is -2.31. The van der Waals surface area contributed by atoms with Gasteiger partial charge >= 0.3 is 0 Å². The summed E-state index contributed by atoms with van der Waals surface area (Å²) >= 11 is 6.03. The van der Waals surface area contributed by atoms with Crippen LogP contribution < -0.4 is 10.2 Å². The van der Waals surface area contributed by atoms with Crippen molar-refractivity contribution in [3.63, 3.8) is 0 Å². The summed E-state index contributed by atoms with van der Waals surface area (Å²) in [5, 5.41) is 7.86. The second kappa shape index (κ2) is 8.22. The molecule has 0 aliphatic carbocycles. The van der Waals surface area contributed by atoms with Crippen molar-refractivity contribution in [2.45, 2.75) is 39.3 Å². The first-order chi connectivity index (χ1) is 13.6. The van der Waals surface area contributed by atoms with Crippen LogP contribution in [0.15, 0.2) is 35.0 Å². The van der Waals surface area contributed by atoms with Gasteiger partial charge < -0.3 is 14.6 Å². The minimum absolute atomic E-state index is 0.0699. The monoisotopic (exact) mass is 401 g/mol. The van der Waals surface area contributed by atoms with E-state index in [0.29, 0.717) is 29.6 Å². The Morgan fingerprint density at radius 2 is 2.32 bits per heavy atom. The van der Waals surface area contributed by atoms with Gasteiger partial charge in [-0.3, -0.25) is 9.48 Å². The first kappa shape index (κ1) is 18.8. The fourth-order valence-electron chi connectivity index (χ4n) is 3.63. The van der Waals surface area contributed by atoms with Crippen molar-refractivity contribution in [3.8, 4) is 0 Å². The quantitative estimate of drug-likeness (QED) is 0.682. The fraction of sp³-hybridized carbons (Fsp3) is 0.450. The van der Waals surface area contributed by atoms with E-state index in [9.17, 15) is 4.79 Å². The number of halogens is 1. The van der Waals surface area contributed by atoms with Crippen molar-refractivity contribution in [1.82, 2.24) is 20.1 Å². The summed E-state index contributed by atoms with van der Waals surface area (Å²) in [4.78, 5) is 19.1. The Balaban J connectivity index is 1.33. The van der Waals surface area contributed by atoms with E-state index in [1.165, 1.54) is 0 Å². The van der Waals surface area contributed by atoms with Crippen LogP contribution in [0.25, 0.3) is 11.1 Å². The van der Waals surface area contributed by atoms with Gasteiger partial charge in [-0.2, -0.15) is 10.1 Å². The predicted molar refractivity (Wildman–Crippen MR) is 108 cm³/mol. The Morgan fingerprint density at radius 3 is 3.14 bits per heavy atom. The molecule has 2 aromatic heterocycles. The lowest BCUT2D eigenvalue weighted by atomic mass is 9.94. The Hall–Kier alpha value is -2.54. The lowest BCUT2D eigenvalue weighted by molar-refractivity contribution is -0.122. The molecule has 8 heteroatoms. The molecule has 1 aliphatic heterocycles. The Labute approximate surface area is 168 Å². The fourth-order valence-corrected chi connectivity index (χ4v) is 3.79. The highest BCUT2D eigenvalue weighted by molar-refractivity contribution is 6.31. The molecule has 4 rings (SSSR count). The first-order valence-corrected chi connectivity index (χ1v) is 10.1. The molecule has 0 saturated carbocycles. The number of carbonyl (C=O) groups excluding carboxylic acids is 1. The van der Waals surface area contributed by atoms with Crippen LogP contribution in [0.5, 0.6) is 0 Å². The number of hydrogen-bond donors (Lipinski definition) is 1. The third-order valence-corrected chi connectivity index (χ3v) is 5.34. The van der Waals surface area contributed by atoms with Crippen LogP contribution in [0.4, 0.5) is 6.01 Å². The molecule has 1 amide bonds. The maximum Gasteiger partial charge on any atom is 0.298 e. The van der Waals surface area contributed by atoms with Gasteiger partial charge in [-0.25, -0.2) is 0 Å². The van der Waals surface area contributed by atoms with Gasteiger partial charge in [0.15, 0.2) is 5.58 Å². The normalized spacial score (nSPS) is 17.2. The van der Waals surface area contributed by atoms with E-state index in [2.05, 4.69) is 20.3 Å². The van der Waals surface area contributed by atoms with Crippen LogP contribution >= 0.6 is 11.6 Å².